The Balaban J connectivity index is 1.72. The van der Waals surface area contributed by atoms with Gasteiger partial charge in [0.2, 0.25) is 0 Å². The van der Waals surface area contributed by atoms with E-state index in [9.17, 15) is 19.8 Å². The SMILES string of the molecule is Cc1nc2c(c(N)c1C(=O)O)C(OCC(C)NC(=O)c1cccc(O)c1)=CCC2. The van der Waals surface area contributed by atoms with Crippen LogP contribution in [0.4, 0.5) is 5.69 Å². The Hall–Kier alpha value is -3.55. The molecule has 1 unspecified atom stereocenters. The molecule has 29 heavy (non-hydrogen) atoms. The van der Waals surface area contributed by atoms with Gasteiger partial charge in [0.15, 0.2) is 0 Å². The first-order valence-corrected chi connectivity index (χ1v) is 9.23. The number of nitrogens with one attached hydrogen (secondary N) is 1. The van der Waals surface area contributed by atoms with Crippen LogP contribution < -0.4 is 11.1 Å². The quantitative estimate of drug-likeness (QED) is 0.588. The number of nitrogens with two attached hydrogens (primary N) is 1. The van der Waals surface area contributed by atoms with Gasteiger partial charge in [-0.3, -0.25) is 9.78 Å². The molecule has 0 fully saturated rings. The number of phenols is 1. The molecule has 1 heterocycles. The number of carboxylic acids is 1. The second-order valence-corrected chi connectivity index (χ2v) is 6.96. The fraction of sp³-hybridized carbons (Fsp3) is 0.286. The second kappa shape index (κ2) is 8.22. The average Bonchev–Trinajstić information content (AvgIpc) is 2.65. The minimum absolute atomic E-state index is 0.0121. The zero-order valence-corrected chi connectivity index (χ0v) is 16.2. The number of amides is 1. The average molecular weight is 397 g/mol. The third-order valence-electron chi connectivity index (χ3n) is 4.64. The Morgan fingerprint density at radius 1 is 1.38 bits per heavy atom. The lowest BCUT2D eigenvalue weighted by molar-refractivity contribution is 0.0696. The van der Waals surface area contributed by atoms with Gasteiger partial charge in [-0.2, -0.15) is 0 Å². The van der Waals surface area contributed by atoms with Gasteiger partial charge in [0.1, 0.15) is 23.7 Å². The first-order valence-electron chi connectivity index (χ1n) is 9.23. The Labute approximate surface area is 168 Å². The molecule has 0 bridgehead atoms. The molecule has 0 radical (unpaired) electrons. The molecule has 1 amide bonds. The van der Waals surface area contributed by atoms with Crippen LogP contribution in [0.15, 0.2) is 30.3 Å². The Morgan fingerprint density at radius 2 is 2.14 bits per heavy atom. The number of hydrogen-bond acceptors (Lipinski definition) is 6. The number of pyridine rings is 1. The van der Waals surface area contributed by atoms with Gasteiger partial charge < -0.3 is 26.0 Å². The number of rotatable bonds is 6. The summed E-state index contributed by atoms with van der Waals surface area (Å²) in [5.41, 5.74) is 8.19. The van der Waals surface area contributed by atoms with Crippen LogP contribution in [0.2, 0.25) is 0 Å². The van der Waals surface area contributed by atoms with Crippen molar-refractivity contribution in [1.82, 2.24) is 10.3 Å². The van der Waals surface area contributed by atoms with Crippen LogP contribution in [0.25, 0.3) is 5.76 Å². The molecule has 1 aliphatic rings. The van der Waals surface area contributed by atoms with Crippen molar-refractivity contribution in [2.45, 2.75) is 32.7 Å². The minimum atomic E-state index is -1.13. The summed E-state index contributed by atoms with van der Waals surface area (Å²) in [6, 6.07) is 5.72. The summed E-state index contributed by atoms with van der Waals surface area (Å²) in [6.07, 6.45) is 3.20. The predicted molar refractivity (Wildman–Crippen MR) is 108 cm³/mol. The molecule has 1 atom stereocenters. The Kier molecular flexibility index (Phi) is 5.72. The van der Waals surface area contributed by atoms with Gasteiger partial charge in [0.05, 0.1) is 28.7 Å². The molecule has 0 saturated carbocycles. The Morgan fingerprint density at radius 3 is 2.83 bits per heavy atom. The van der Waals surface area contributed by atoms with Crippen molar-refractivity contribution >= 4 is 23.3 Å². The van der Waals surface area contributed by atoms with Crippen molar-refractivity contribution in [2.24, 2.45) is 0 Å². The third-order valence-corrected chi connectivity index (χ3v) is 4.64. The van der Waals surface area contributed by atoms with E-state index in [4.69, 9.17) is 10.5 Å². The van der Waals surface area contributed by atoms with E-state index in [1.165, 1.54) is 12.1 Å². The largest absolute Gasteiger partial charge is 0.508 e. The predicted octanol–water partition coefficient (Wildman–Crippen LogP) is 2.50. The molecular formula is C21H23N3O5. The van der Waals surface area contributed by atoms with E-state index in [1.54, 1.807) is 26.0 Å². The molecule has 1 aliphatic carbocycles. The van der Waals surface area contributed by atoms with E-state index in [0.29, 0.717) is 41.1 Å². The first kappa shape index (κ1) is 20.2. The lowest BCUT2D eigenvalue weighted by Gasteiger charge is -2.23. The number of aromatic carboxylic acids is 1. The maximum Gasteiger partial charge on any atom is 0.339 e. The summed E-state index contributed by atoms with van der Waals surface area (Å²) in [4.78, 5) is 28.2. The number of aromatic hydroxyl groups is 1. The van der Waals surface area contributed by atoms with Gasteiger partial charge in [-0.1, -0.05) is 6.07 Å². The Bertz CT molecular complexity index is 1000. The summed E-state index contributed by atoms with van der Waals surface area (Å²) < 4.78 is 5.87. The summed E-state index contributed by atoms with van der Waals surface area (Å²) in [7, 11) is 0. The number of nitrogens with zero attached hydrogens (tertiary/aromatic N) is 1. The highest BCUT2D eigenvalue weighted by molar-refractivity contribution is 5.98. The first-order chi connectivity index (χ1) is 13.8. The molecule has 2 aromatic rings. The number of anilines is 1. The molecule has 152 valence electrons. The van der Waals surface area contributed by atoms with Gasteiger partial charge in [-0.05, 0) is 51.0 Å². The fourth-order valence-corrected chi connectivity index (χ4v) is 3.30. The lowest BCUT2D eigenvalue weighted by Crippen LogP contribution is -2.35. The number of fused-ring (bicyclic) bond motifs is 1. The zero-order valence-electron chi connectivity index (χ0n) is 16.2. The summed E-state index contributed by atoms with van der Waals surface area (Å²) in [5.74, 6) is -0.984. The second-order valence-electron chi connectivity index (χ2n) is 6.96. The van der Waals surface area contributed by atoms with Gasteiger partial charge in [0, 0.05) is 5.56 Å². The van der Waals surface area contributed by atoms with Gasteiger partial charge in [-0.25, -0.2) is 4.79 Å². The summed E-state index contributed by atoms with van der Waals surface area (Å²) in [6.45, 7) is 3.56. The lowest BCUT2D eigenvalue weighted by atomic mass is 9.95. The molecule has 1 aromatic heterocycles. The number of nitrogen functional groups attached to an aromatic ring is 1. The number of aryl methyl sites for hydroxylation is 2. The van der Waals surface area contributed by atoms with Crippen LogP contribution >= 0.6 is 0 Å². The topological polar surface area (TPSA) is 135 Å². The normalized spacial score (nSPS) is 13.8. The van der Waals surface area contributed by atoms with Crippen LogP contribution in [0.3, 0.4) is 0 Å². The number of carbonyl (C=O) groups is 2. The maximum absolute atomic E-state index is 12.3. The van der Waals surface area contributed by atoms with E-state index in [2.05, 4.69) is 10.3 Å². The van der Waals surface area contributed by atoms with Crippen molar-refractivity contribution in [3.8, 4) is 5.75 Å². The van der Waals surface area contributed by atoms with E-state index in [-0.39, 0.29) is 35.6 Å². The smallest absolute Gasteiger partial charge is 0.339 e. The van der Waals surface area contributed by atoms with Crippen molar-refractivity contribution < 1.29 is 24.5 Å². The number of aromatic nitrogens is 1. The van der Waals surface area contributed by atoms with Crippen LogP contribution in [0.5, 0.6) is 5.75 Å². The third kappa shape index (κ3) is 4.31. The van der Waals surface area contributed by atoms with Gasteiger partial charge >= 0.3 is 5.97 Å². The van der Waals surface area contributed by atoms with Crippen LogP contribution in [-0.4, -0.2) is 39.7 Å². The zero-order chi connectivity index (χ0) is 21.1. The van der Waals surface area contributed by atoms with Crippen molar-refractivity contribution in [2.75, 3.05) is 12.3 Å². The number of carboxylic acid groups (broad SMARTS) is 1. The van der Waals surface area contributed by atoms with E-state index >= 15 is 0 Å². The monoisotopic (exact) mass is 397 g/mol. The van der Waals surface area contributed by atoms with E-state index in [1.807, 2.05) is 6.08 Å². The van der Waals surface area contributed by atoms with Crippen LogP contribution in [0.1, 0.15) is 51.0 Å². The molecule has 0 spiro atoms. The molecule has 5 N–H and O–H groups in total. The molecule has 1 aromatic carbocycles. The standard InChI is InChI=1S/C21H23N3O5/c1-11(23-20(26)13-5-3-6-14(25)9-13)10-29-16-8-4-7-15-18(16)19(22)17(21(27)28)12(2)24-15/h3,5-6,8-9,11,25H,4,7,10H2,1-2H3,(H2,22,24)(H,23,26)(H,27,28). The minimum Gasteiger partial charge on any atom is -0.508 e. The van der Waals surface area contributed by atoms with E-state index in [0.717, 1.165) is 0 Å². The number of carbonyl (C=O) groups excluding carboxylic acids is 1. The highest BCUT2D eigenvalue weighted by Crippen LogP contribution is 2.34. The molecule has 3 rings (SSSR count). The van der Waals surface area contributed by atoms with Gasteiger partial charge in [-0.15, -0.1) is 0 Å². The number of phenolic OH excluding ortho intramolecular Hbond substituents is 1. The van der Waals surface area contributed by atoms with Crippen LogP contribution in [0, 0.1) is 6.92 Å². The van der Waals surface area contributed by atoms with Crippen LogP contribution in [-0.2, 0) is 11.2 Å². The molecular weight excluding hydrogens is 374 g/mol. The number of allylic oxidation sites excluding steroid dienone is 1. The highest BCUT2D eigenvalue weighted by atomic mass is 16.5. The van der Waals surface area contributed by atoms with Crippen molar-refractivity contribution in [3.63, 3.8) is 0 Å². The van der Waals surface area contributed by atoms with Crippen molar-refractivity contribution in [3.05, 3.63) is 58.4 Å². The molecule has 0 aliphatic heterocycles. The molecule has 8 nitrogen and oxygen atoms in total. The number of hydrogen-bond donors (Lipinski definition) is 4. The fourth-order valence-electron chi connectivity index (χ4n) is 3.30. The van der Waals surface area contributed by atoms with E-state index < -0.39 is 5.97 Å². The number of ether oxygens (including phenoxy) is 1. The van der Waals surface area contributed by atoms with Crippen molar-refractivity contribution in [1.29, 1.82) is 0 Å². The number of benzene rings is 1. The molecule has 0 saturated heterocycles. The highest BCUT2D eigenvalue weighted by Gasteiger charge is 2.25. The summed E-state index contributed by atoms with van der Waals surface area (Å²) >= 11 is 0. The van der Waals surface area contributed by atoms with Gasteiger partial charge in [0.25, 0.3) is 5.91 Å². The summed E-state index contributed by atoms with van der Waals surface area (Å²) in [5, 5.41) is 21.7. The molecule has 8 heteroatoms. The maximum atomic E-state index is 12.3.